The van der Waals surface area contributed by atoms with E-state index in [-0.39, 0.29) is 11.2 Å². The summed E-state index contributed by atoms with van der Waals surface area (Å²) in [6.07, 6.45) is 4.95. The van der Waals surface area contributed by atoms with E-state index in [4.69, 9.17) is 27.0 Å². The van der Waals surface area contributed by atoms with Crippen LogP contribution in [0.5, 0.6) is 0 Å². The Hall–Kier alpha value is -0.290. The zero-order valence-corrected chi connectivity index (χ0v) is 14.2. The first-order valence-electron chi connectivity index (χ1n) is 7.13. The van der Waals surface area contributed by atoms with Gasteiger partial charge >= 0.3 is 0 Å². The van der Waals surface area contributed by atoms with Crippen LogP contribution in [0, 0.1) is 5.41 Å². The fourth-order valence-corrected chi connectivity index (χ4v) is 4.89. The van der Waals surface area contributed by atoms with E-state index in [0.29, 0.717) is 18.2 Å². The van der Waals surface area contributed by atoms with Crippen molar-refractivity contribution in [1.82, 2.24) is 0 Å². The van der Waals surface area contributed by atoms with Gasteiger partial charge in [0.15, 0.2) is 0 Å². The Labute approximate surface area is 136 Å². The minimum atomic E-state index is -3.51. The van der Waals surface area contributed by atoms with Gasteiger partial charge in [-0.1, -0.05) is 43.0 Å². The quantitative estimate of drug-likeness (QED) is 0.715. The average molecular weight is 351 g/mol. The lowest BCUT2D eigenvalue weighted by atomic mass is 9.76. The summed E-state index contributed by atoms with van der Waals surface area (Å²) in [4.78, 5) is 0. The smallest absolute Gasteiger partial charge is 0.233 e. The van der Waals surface area contributed by atoms with Crippen molar-refractivity contribution in [1.29, 1.82) is 0 Å². The van der Waals surface area contributed by atoms with E-state index in [0.717, 1.165) is 37.7 Å². The van der Waals surface area contributed by atoms with Crippen LogP contribution >= 0.6 is 22.3 Å². The SMILES string of the molecule is O=S(=O)(Cl)CC1(COCc2ccc(Cl)cc2)CCCCC1. The van der Waals surface area contributed by atoms with Crippen molar-refractivity contribution >= 4 is 31.3 Å². The van der Waals surface area contributed by atoms with Crippen LogP contribution in [0.25, 0.3) is 0 Å². The molecule has 0 amide bonds. The third-order valence-corrected chi connectivity index (χ3v) is 5.52. The predicted molar refractivity (Wildman–Crippen MR) is 86.3 cm³/mol. The standard InChI is InChI=1S/C15H20Cl2O3S/c16-14-6-4-13(5-7-14)10-20-11-15(12-21(17,18)19)8-2-1-3-9-15/h4-7H,1-3,8-12H2. The molecule has 0 aliphatic heterocycles. The molecular formula is C15H20Cl2O3S. The predicted octanol–water partition coefficient (Wildman–Crippen LogP) is 4.38. The normalized spacial score (nSPS) is 18.6. The number of benzene rings is 1. The van der Waals surface area contributed by atoms with Crippen LogP contribution in [0.3, 0.4) is 0 Å². The van der Waals surface area contributed by atoms with Crippen LogP contribution in [0.2, 0.25) is 5.02 Å². The Morgan fingerprint density at radius 3 is 2.29 bits per heavy atom. The highest BCUT2D eigenvalue weighted by molar-refractivity contribution is 8.13. The second-order valence-corrected chi connectivity index (χ2v) is 9.08. The van der Waals surface area contributed by atoms with Gasteiger partial charge in [-0.25, -0.2) is 8.42 Å². The highest BCUT2D eigenvalue weighted by Crippen LogP contribution is 2.38. The average Bonchev–Trinajstić information content (AvgIpc) is 2.40. The summed E-state index contributed by atoms with van der Waals surface area (Å²) in [5.74, 6) is 0.00216. The molecule has 118 valence electrons. The number of hydrogen-bond acceptors (Lipinski definition) is 3. The molecule has 1 aromatic carbocycles. The van der Waals surface area contributed by atoms with Gasteiger partial charge in [0.25, 0.3) is 0 Å². The fourth-order valence-electron chi connectivity index (χ4n) is 2.96. The molecule has 0 spiro atoms. The molecule has 2 rings (SSSR count). The number of rotatable bonds is 6. The molecule has 0 bridgehead atoms. The summed E-state index contributed by atoms with van der Waals surface area (Å²) in [6.45, 7) is 0.892. The maximum atomic E-state index is 11.5. The monoisotopic (exact) mass is 350 g/mol. The molecule has 0 heterocycles. The van der Waals surface area contributed by atoms with E-state index < -0.39 is 9.05 Å². The van der Waals surface area contributed by atoms with Gasteiger partial charge in [-0.15, -0.1) is 0 Å². The van der Waals surface area contributed by atoms with Crippen molar-refractivity contribution in [2.45, 2.75) is 38.7 Å². The van der Waals surface area contributed by atoms with Gasteiger partial charge in [0.1, 0.15) is 0 Å². The van der Waals surface area contributed by atoms with Crippen LogP contribution < -0.4 is 0 Å². The van der Waals surface area contributed by atoms with E-state index in [1.807, 2.05) is 24.3 Å². The van der Waals surface area contributed by atoms with Crippen molar-refractivity contribution in [3.05, 3.63) is 34.9 Å². The molecular weight excluding hydrogens is 331 g/mol. The van der Waals surface area contributed by atoms with E-state index in [1.54, 1.807) is 0 Å². The first kappa shape index (κ1) is 17.1. The van der Waals surface area contributed by atoms with E-state index in [2.05, 4.69) is 0 Å². The Morgan fingerprint density at radius 2 is 1.71 bits per heavy atom. The van der Waals surface area contributed by atoms with Gasteiger partial charge in [-0.2, -0.15) is 0 Å². The molecule has 6 heteroatoms. The van der Waals surface area contributed by atoms with Gasteiger partial charge in [0.05, 0.1) is 19.0 Å². The van der Waals surface area contributed by atoms with Crippen molar-refractivity contribution in [3.8, 4) is 0 Å². The summed E-state index contributed by atoms with van der Waals surface area (Å²) >= 11 is 5.84. The molecule has 1 saturated carbocycles. The zero-order chi connectivity index (χ0) is 15.3. The molecule has 1 aliphatic carbocycles. The van der Waals surface area contributed by atoms with Crippen LogP contribution in [0.15, 0.2) is 24.3 Å². The number of ether oxygens (including phenoxy) is 1. The molecule has 0 unspecified atom stereocenters. The largest absolute Gasteiger partial charge is 0.376 e. The molecule has 3 nitrogen and oxygen atoms in total. The van der Waals surface area contributed by atoms with Crippen LogP contribution in [-0.4, -0.2) is 20.8 Å². The Balaban J connectivity index is 1.94. The van der Waals surface area contributed by atoms with E-state index in [1.165, 1.54) is 0 Å². The minimum Gasteiger partial charge on any atom is -0.376 e. The molecule has 1 fully saturated rings. The first-order chi connectivity index (χ1) is 9.89. The van der Waals surface area contributed by atoms with Gasteiger partial charge in [-0.3, -0.25) is 0 Å². The molecule has 0 radical (unpaired) electrons. The first-order valence-corrected chi connectivity index (χ1v) is 9.99. The topological polar surface area (TPSA) is 43.4 Å². The highest BCUT2D eigenvalue weighted by atomic mass is 35.7. The lowest BCUT2D eigenvalue weighted by molar-refractivity contribution is 0.0242. The third-order valence-electron chi connectivity index (χ3n) is 3.98. The molecule has 21 heavy (non-hydrogen) atoms. The maximum Gasteiger partial charge on any atom is 0.233 e. The van der Waals surface area contributed by atoms with Crippen LogP contribution in [0.4, 0.5) is 0 Å². The van der Waals surface area contributed by atoms with Gasteiger partial charge < -0.3 is 4.74 Å². The lowest BCUT2D eigenvalue weighted by Gasteiger charge is -2.36. The summed E-state index contributed by atoms with van der Waals surface area (Å²) in [5.41, 5.74) is 0.699. The molecule has 0 N–H and O–H groups in total. The zero-order valence-electron chi connectivity index (χ0n) is 11.9. The molecule has 0 atom stereocenters. The van der Waals surface area contributed by atoms with Crippen molar-refractivity contribution in [2.24, 2.45) is 5.41 Å². The highest BCUT2D eigenvalue weighted by Gasteiger charge is 2.36. The Bertz CT molecular complexity index is 549. The second-order valence-electron chi connectivity index (χ2n) is 5.86. The van der Waals surface area contributed by atoms with Gasteiger partial charge in [0.2, 0.25) is 9.05 Å². The summed E-state index contributed by atoms with van der Waals surface area (Å²) in [7, 11) is 1.96. The second kappa shape index (κ2) is 7.32. The van der Waals surface area contributed by atoms with Crippen molar-refractivity contribution in [2.75, 3.05) is 12.4 Å². The third kappa shape index (κ3) is 5.78. The Kier molecular flexibility index (Phi) is 5.95. The fraction of sp³-hybridized carbons (Fsp3) is 0.600. The molecule has 1 aromatic rings. The van der Waals surface area contributed by atoms with Crippen molar-refractivity contribution in [3.63, 3.8) is 0 Å². The van der Waals surface area contributed by atoms with Gasteiger partial charge in [-0.05, 0) is 30.5 Å². The maximum absolute atomic E-state index is 11.5. The van der Waals surface area contributed by atoms with E-state index in [9.17, 15) is 8.42 Å². The number of halogens is 2. The molecule has 0 saturated heterocycles. The molecule has 0 aromatic heterocycles. The minimum absolute atomic E-state index is 0.00216. The van der Waals surface area contributed by atoms with Crippen LogP contribution in [-0.2, 0) is 20.4 Å². The molecule has 1 aliphatic rings. The summed E-state index contributed by atoms with van der Waals surface area (Å²) < 4.78 is 28.7. The van der Waals surface area contributed by atoms with Gasteiger partial charge in [0, 0.05) is 21.1 Å². The number of hydrogen-bond donors (Lipinski definition) is 0. The summed E-state index contributed by atoms with van der Waals surface area (Å²) in [6, 6.07) is 7.46. The summed E-state index contributed by atoms with van der Waals surface area (Å²) in [5, 5.41) is 0.690. The van der Waals surface area contributed by atoms with E-state index >= 15 is 0 Å². The lowest BCUT2D eigenvalue weighted by Crippen LogP contribution is -2.35. The van der Waals surface area contributed by atoms with Crippen molar-refractivity contribution < 1.29 is 13.2 Å². The Morgan fingerprint density at radius 1 is 1.10 bits per heavy atom. The van der Waals surface area contributed by atoms with Crippen LogP contribution in [0.1, 0.15) is 37.7 Å².